The van der Waals surface area contributed by atoms with Crippen LogP contribution in [-0.4, -0.2) is 20.7 Å². The normalized spacial score (nSPS) is 10.9. The number of hydrogen-bond acceptors (Lipinski definition) is 5. The molecule has 0 fully saturated rings. The SMILES string of the molecule is Cc1cccc(CC(=O)Nc2cc(C)nn2-c2nc(-c3ccco3)cs2)c1. The maximum atomic E-state index is 12.5. The number of aryl methyl sites for hydroxylation is 2. The quantitative estimate of drug-likeness (QED) is 0.559. The van der Waals surface area contributed by atoms with E-state index in [0.717, 1.165) is 22.5 Å². The number of amides is 1. The summed E-state index contributed by atoms with van der Waals surface area (Å²) in [5.41, 5.74) is 3.65. The fraction of sp³-hybridized carbons (Fsp3) is 0.150. The predicted octanol–water partition coefficient (Wildman–Crippen LogP) is 4.39. The number of carbonyl (C=O) groups is 1. The number of hydrogen-bond donors (Lipinski definition) is 1. The van der Waals surface area contributed by atoms with Gasteiger partial charge in [0.1, 0.15) is 11.5 Å². The van der Waals surface area contributed by atoms with Crippen LogP contribution in [0, 0.1) is 13.8 Å². The van der Waals surface area contributed by atoms with Gasteiger partial charge in [-0.3, -0.25) is 4.79 Å². The summed E-state index contributed by atoms with van der Waals surface area (Å²) in [7, 11) is 0. The zero-order chi connectivity index (χ0) is 18.8. The highest BCUT2D eigenvalue weighted by atomic mass is 32.1. The van der Waals surface area contributed by atoms with Gasteiger partial charge in [0.15, 0.2) is 5.76 Å². The molecule has 3 heterocycles. The minimum Gasteiger partial charge on any atom is -0.463 e. The maximum Gasteiger partial charge on any atom is 0.229 e. The number of thiazole rings is 1. The average molecular weight is 378 g/mol. The molecule has 0 aliphatic heterocycles. The fourth-order valence-corrected chi connectivity index (χ4v) is 3.60. The highest BCUT2D eigenvalue weighted by molar-refractivity contribution is 7.12. The molecule has 4 aromatic rings. The molecule has 136 valence electrons. The van der Waals surface area contributed by atoms with E-state index in [2.05, 4.69) is 15.4 Å². The highest BCUT2D eigenvalue weighted by Gasteiger charge is 2.15. The Morgan fingerprint density at radius 1 is 1.22 bits per heavy atom. The van der Waals surface area contributed by atoms with E-state index in [1.54, 1.807) is 10.9 Å². The van der Waals surface area contributed by atoms with Crippen molar-refractivity contribution in [3.8, 4) is 16.6 Å². The van der Waals surface area contributed by atoms with E-state index in [9.17, 15) is 4.79 Å². The summed E-state index contributed by atoms with van der Waals surface area (Å²) in [6.07, 6.45) is 1.92. The lowest BCUT2D eigenvalue weighted by Gasteiger charge is -2.07. The summed E-state index contributed by atoms with van der Waals surface area (Å²) in [5, 5.41) is 9.99. The number of carbonyl (C=O) groups excluding carboxylic acids is 1. The van der Waals surface area contributed by atoms with Crippen LogP contribution in [-0.2, 0) is 11.2 Å². The lowest BCUT2D eigenvalue weighted by atomic mass is 10.1. The zero-order valence-corrected chi connectivity index (χ0v) is 15.8. The molecule has 0 bridgehead atoms. The van der Waals surface area contributed by atoms with Crippen molar-refractivity contribution in [1.82, 2.24) is 14.8 Å². The van der Waals surface area contributed by atoms with Crippen molar-refractivity contribution in [3.63, 3.8) is 0 Å². The third kappa shape index (κ3) is 3.83. The Morgan fingerprint density at radius 2 is 2.11 bits per heavy atom. The minimum atomic E-state index is -0.0930. The Kier molecular flexibility index (Phi) is 4.60. The summed E-state index contributed by atoms with van der Waals surface area (Å²) < 4.78 is 7.04. The van der Waals surface area contributed by atoms with E-state index in [1.165, 1.54) is 11.3 Å². The molecule has 0 unspecified atom stereocenters. The minimum absolute atomic E-state index is 0.0930. The van der Waals surface area contributed by atoms with Crippen molar-refractivity contribution in [2.75, 3.05) is 5.32 Å². The maximum absolute atomic E-state index is 12.5. The van der Waals surface area contributed by atoms with Crippen LogP contribution in [0.3, 0.4) is 0 Å². The molecular formula is C20H18N4O2S. The third-order valence-electron chi connectivity index (χ3n) is 3.99. The molecule has 0 radical (unpaired) electrons. The van der Waals surface area contributed by atoms with Crippen LogP contribution in [0.2, 0.25) is 0 Å². The molecule has 7 heteroatoms. The Balaban J connectivity index is 1.55. The molecule has 0 aliphatic rings. The van der Waals surface area contributed by atoms with Gasteiger partial charge in [0.05, 0.1) is 18.4 Å². The molecule has 1 amide bonds. The van der Waals surface area contributed by atoms with Gasteiger partial charge in [0, 0.05) is 11.4 Å². The zero-order valence-electron chi connectivity index (χ0n) is 15.0. The van der Waals surface area contributed by atoms with Gasteiger partial charge in [0.25, 0.3) is 0 Å². The largest absolute Gasteiger partial charge is 0.463 e. The molecule has 6 nitrogen and oxygen atoms in total. The van der Waals surface area contributed by atoms with E-state index in [0.29, 0.717) is 23.1 Å². The van der Waals surface area contributed by atoms with Crippen LogP contribution in [0.1, 0.15) is 16.8 Å². The van der Waals surface area contributed by atoms with Gasteiger partial charge >= 0.3 is 0 Å². The Labute approximate surface area is 160 Å². The van der Waals surface area contributed by atoms with Crippen molar-refractivity contribution in [1.29, 1.82) is 0 Å². The molecule has 0 saturated carbocycles. The third-order valence-corrected chi connectivity index (χ3v) is 4.81. The second-order valence-corrected chi connectivity index (χ2v) is 7.13. The van der Waals surface area contributed by atoms with Crippen molar-refractivity contribution in [2.24, 2.45) is 0 Å². The van der Waals surface area contributed by atoms with E-state index in [4.69, 9.17) is 4.42 Å². The van der Waals surface area contributed by atoms with E-state index < -0.39 is 0 Å². The van der Waals surface area contributed by atoms with Crippen molar-refractivity contribution < 1.29 is 9.21 Å². The van der Waals surface area contributed by atoms with Crippen LogP contribution in [0.15, 0.2) is 58.5 Å². The van der Waals surface area contributed by atoms with Crippen LogP contribution in [0.5, 0.6) is 0 Å². The Bertz CT molecular complexity index is 1080. The first-order chi connectivity index (χ1) is 13.1. The van der Waals surface area contributed by atoms with Gasteiger partial charge in [-0.1, -0.05) is 29.8 Å². The summed E-state index contributed by atoms with van der Waals surface area (Å²) >= 11 is 1.44. The van der Waals surface area contributed by atoms with Crippen LogP contribution in [0.4, 0.5) is 5.82 Å². The molecule has 3 aromatic heterocycles. The summed E-state index contributed by atoms with van der Waals surface area (Å²) in [5.74, 6) is 1.21. The van der Waals surface area contributed by atoms with Crippen LogP contribution >= 0.6 is 11.3 Å². The lowest BCUT2D eigenvalue weighted by molar-refractivity contribution is -0.115. The van der Waals surface area contributed by atoms with Crippen molar-refractivity contribution in [2.45, 2.75) is 20.3 Å². The van der Waals surface area contributed by atoms with Crippen LogP contribution < -0.4 is 5.32 Å². The number of nitrogens with zero attached hydrogens (tertiary/aromatic N) is 3. The number of aromatic nitrogens is 3. The first-order valence-corrected chi connectivity index (χ1v) is 9.38. The average Bonchev–Trinajstić information content (AvgIpc) is 3.34. The second kappa shape index (κ2) is 7.20. The van der Waals surface area contributed by atoms with Gasteiger partial charge in [-0.15, -0.1) is 11.3 Å². The number of anilines is 1. The van der Waals surface area contributed by atoms with Crippen LogP contribution in [0.25, 0.3) is 16.6 Å². The number of rotatable bonds is 5. The summed E-state index contributed by atoms with van der Waals surface area (Å²) in [6.45, 7) is 3.90. The topological polar surface area (TPSA) is 73.0 Å². The van der Waals surface area contributed by atoms with Gasteiger partial charge in [0.2, 0.25) is 11.0 Å². The molecule has 0 aliphatic carbocycles. The molecule has 4 rings (SSSR count). The van der Waals surface area contributed by atoms with Gasteiger partial charge in [-0.2, -0.15) is 9.78 Å². The highest BCUT2D eigenvalue weighted by Crippen LogP contribution is 2.26. The Hall–Kier alpha value is -3.19. The standard InChI is InChI=1S/C20H18N4O2S/c1-13-5-3-6-15(9-13)11-19(25)22-18-10-14(2)23-24(18)20-21-16(12-27-20)17-7-4-8-26-17/h3-10,12H,11H2,1-2H3,(H,22,25). The lowest BCUT2D eigenvalue weighted by Crippen LogP contribution is -2.17. The first-order valence-electron chi connectivity index (χ1n) is 8.50. The summed E-state index contributed by atoms with van der Waals surface area (Å²) in [4.78, 5) is 17.1. The van der Waals surface area contributed by atoms with Crippen molar-refractivity contribution >= 4 is 23.1 Å². The molecule has 0 saturated heterocycles. The molecule has 1 N–H and O–H groups in total. The van der Waals surface area contributed by atoms with Gasteiger partial charge in [-0.05, 0) is 31.5 Å². The van der Waals surface area contributed by atoms with E-state index in [1.807, 2.05) is 61.7 Å². The monoisotopic (exact) mass is 378 g/mol. The van der Waals surface area contributed by atoms with E-state index >= 15 is 0 Å². The fourth-order valence-electron chi connectivity index (χ4n) is 2.83. The van der Waals surface area contributed by atoms with E-state index in [-0.39, 0.29) is 5.91 Å². The smallest absolute Gasteiger partial charge is 0.229 e. The number of benzene rings is 1. The van der Waals surface area contributed by atoms with Gasteiger partial charge in [-0.25, -0.2) is 4.98 Å². The first kappa shape index (κ1) is 17.2. The summed E-state index contributed by atoms with van der Waals surface area (Å²) in [6, 6.07) is 13.4. The molecule has 0 spiro atoms. The van der Waals surface area contributed by atoms with Crippen molar-refractivity contribution in [3.05, 3.63) is 70.9 Å². The predicted molar refractivity (Wildman–Crippen MR) is 105 cm³/mol. The number of furan rings is 1. The molecule has 1 aromatic carbocycles. The number of nitrogens with one attached hydrogen (secondary N) is 1. The molecule has 0 atom stereocenters. The second-order valence-electron chi connectivity index (χ2n) is 6.29. The van der Waals surface area contributed by atoms with Gasteiger partial charge < -0.3 is 9.73 Å². The molecule has 27 heavy (non-hydrogen) atoms. The molecular weight excluding hydrogens is 360 g/mol. The Morgan fingerprint density at radius 3 is 2.89 bits per heavy atom.